The lowest BCUT2D eigenvalue weighted by Gasteiger charge is -2.29. The summed E-state index contributed by atoms with van der Waals surface area (Å²) in [5, 5.41) is 11.1. The van der Waals surface area contributed by atoms with Crippen LogP contribution in [0.2, 0.25) is 0 Å². The first kappa shape index (κ1) is 8.65. The van der Waals surface area contributed by atoms with Crippen LogP contribution < -0.4 is 11.1 Å². The SMILES string of the molecule is Cn1nncc1C1NCCCC1N. The molecule has 0 saturated carbocycles. The fraction of sp³-hybridized carbons (Fsp3) is 0.750. The van der Waals surface area contributed by atoms with Crippen molar-refractivity contribution in [2.24, 2.45) is 12.8 Å². The summed E-state index contributed by atoms with van der Waals surface area (Å²) >= 11 is 0. The van der Waals surface area contributed by atoms with E-state index in [2.05, 4.69) is 15.6 Å². The second-order valence-corrected chi connectivity index (χ2v) is 3.52. The zero-order chi connectivity index (χ0) is 9.26. The van der Waals surface area contributed by atoms with Gasteiger partial charge < -0.3 is 11.1 Å². The lowest BCUT2D eigenvalue weighted by Crippen LogP contribution is -2.43. The molecule has 1 aliphatic rings. The van der Waals surface area contributed by atoms with E-state index >= 15 is 0 Å². The molecule has 0 amide bonds. The van der Waals surface area contributed by atoms with Gasteiger partial charge >= 0.3 is 0 Å². The number of nitrogens with zero attached hydrogens (tertiary/aromatic N) is 3. The number of hydrogen-bond donors (Lipinski definition) is 2. The Balaban J connectivity index is 2.19. The van der Waals surface area contributed by atoms with Crippen molar-refractivity contribution in [1.82, 2.24) is 20.3 Å². The molecule has 5 nitrogen and oxygen atoms in total. The predicted octanol–water partition coefficient (Wildman–Crippen LogP) is -0.433. The summed E-state index contributed by atoms with van der Waals surface area (Å²) in [7, 11) is 1.89. The molecule has 0 radical (unpaired) electrons. The molecule has 1 aromatic rings. The van der Waals surface area contributed by atoms with Crippen molar-refractivity contribution >= 4 is 0 Å². The van der Waals surface area contributed by atoms with E-state index in [-0.39, 0.29) is 12.1 Å². The molecule has 1 fully saturated rings. The highest BCUT2D eigenvalue weighted by Gasteiger charge is 2.25. The minimum atomic E-state index is 0.186. The van der Waals surface area contributed by atoms with E-state index in [9.17, 15) is 0 Å². The lowest BCUT2D eigenvalue weighted by atomic mass is 9.97. The van der Waals surface area contributed by atoms with Crippen LogP contribution in [-0.2, 0) is 7.05 Å². The highest BCUT2D eigenvalue weighted by molar-refractivity contribution is 5.06. The monoisotopic (exact) mass is 181 g/mol. The Morgan fingerprint density at radius 3 is 3.15 bits per heavy atom. The van der Waals surface area contributed by atoms with Crippen LogP contribution in [0.1, 0.15) is 24.6 Å². The standard InChI is InChI=1S/C8H15N5/c1-13-7(5-11-12-13)8-6(9)3-2-4-10-8/h5-6,8,10H,2-4,9H2,1H3. The zero-order valence-electron chi connectivity index (χ0n) is 7.77. The first-order valence-electron chi connectivity index (χ1n) is 4.62. The molecular weight excluding hydrogens is 166 g/mol. The van der Waals surface area contributed by atoms with Gasteiger partial charge in [-0.1, -0.05) is 5.21 Å². The van der Waals surface area contributed by atoms with Gasteiger partial charge in [0.15, 0.2) is 0 Å². The fourth-order valence-corrected chi connectivity index (χ4v) is 1.82. The molecule has 0 aliphatic carbocycles. The fourth-order valence-electron chi connectivity index (χ4n) is 1.82. The summed E-state index contributed by atoms with van der Waals surface area (Å²) in [6.07, 6.45) is 4.01. The molecule has 0 spiro atoms. The van der Waals surface area contributed by atoms with E-state index in [1.54, 1.807) is 10.9 Å². The van der Waals surface area contributed by atoms with Crippen LogP contribution in [0.15, 0.2) is 6.20 Å². The van der Waals surface area contributed by atoms with Crippen molar-refractivity contribution in [3.8, 4) is 0 Å². The van der Waals surface area contributed by atoms with Gasteiger partial charge in [0.1, 0.15) is 0 Å². The third-order valence-corrected chi connectivity index (χ3v) is 2.57. The Hall–Kier alpha value is -0.940. The Bertz CT molecular complexity index is 282. The number of rotatable bonds is 1. The summed E-state index contributed by atoms with van der Waals surface area (Å²) in [6.45, 7) is 1.03. The van der Waals surface area contributed by atoms with E-state index in [1.807, 2.05) is 7.05 Å². The maximum absolute atomic E-state index is 6.01. The van der Waals surface area contributed by atoms with Gasteiger partial charge in [0, 0.05) is 13.1 Å². The van der Waals surface area contributed by atoms with Gasteiger partial charge in [-0.25, -0.2) is 0 Å². The number of aryl methyl sites for hydroxylation is 1. The van der Waals surface area contributed by atoms with Crippen LogP contribution in [0, 0.1) is 0 Å². The third-order valence-electron chi connectivity index (χ3n) is 2.57. The highest BCUT2D eigenvalue weighted by atomic mass is 15.4. The summed E-state index contributed by atoms with van der Waals surface area (Å²) in [5.41, 5.74) is 7.08. The van der Waals surface area contributed by atoms with Crippen LogP contribution in [-0.4, -0.2) is 27.6 Å². The molecule has 5 heteroatoms. The number of nitrogens with one attached hydrogen (secondary N) is 1. The number of nitrogens with two attached hydrogens (primary N) is 1. The van der Waals surface area contributed by atoms with Gasteiger partial charge in [-0.05, 0) is 19.4 Å². The number of hydrogen-bond acceptors (Lipinski definition) is 4. The summed E-state index contributed by atoms with van der Waals surface area (Å²) < 4.78 is 1.78. The van der Waals surface area contributed by atoms with E-state index in [0.29, 0.717) is 0 Å². The normalized spacial score (nSPS) is 29.1. The molecule has 2 unspecified atom stereocenters. The summed E-state index contributed by atoms with van der Waals surface area (Å²) in [5.74, 6) is 0. The van der Waals surface area contributed by atoms with Gasteiger partial charge in [-0.2, -0.15) is 0 Å². The molecule has 1 aromatic heterocycles. The van der Waals surface area contributed by atoms with E-state index in [4.69, 9.17) is 5.73 Å². The molecule has 13 heavy (non-hydrogen) atoms. The molecule has 72 valence electrons. The molecule has 3 N–H and O–H groups in total. The second kappa shape index (κ2) is 3.43. The van der Waals surface area contributed by atoms with E-state index in [1.165, 1.54) is 0 Å². The Morgan fingerprint density at radius 2 is 2.54 bits per heavy atom. The summed E-state index contributed by atoms with van der Waals surface area (Å²) in [6, 6.07) is 0.402. The smallest absolute Gasteiger partial charge is 0.0769 e. The van der Waals surface area contributed by atoms with Gasteiger partial charge in [0.05, 0.1) is 17.9 Å². The largest absolute Gasteiger partial charge is 0.326 e. The van der Waals surface area contributed by atoms with Crippen molar-refractivity contribution in [3.05, 3.63) is 11.9 Å². The zero-order valence-corrected chi connectivity index (χ0v) is 7.77. The number of piperidine rings is 1. The maximum atomic E-state index is 6.01. The minimum absolute atomic E-state index is 0.186. The van der Waals surface area contributed by atoms with E-state index in [0.717, 1.165) is 25.1 Å². The van der Waals surface area contributed by atoms with Crippen molar-refractivity contribution in [1.29, 1.82) is 0 Å². The average molecular weight is 181 g/mol. The second-order valence-electron chi connectivity index (χ2n) is 3.52. The molecular formula is C8H15N5. The van der Waals surface area contributed by atoms with Crippen LogP contribution in [0.4, 0.5) is 0 Å². The topological polar surface area (TPSA) is 68.8 Å². The van der Waals surface area contributed by atoms with Crippen molar-refractivity contribution in [2.45, 2.75) is 24.9 Å². The quantitative estimate of drug-likeness (QED) is 0.616. The minimum Gasteiger partial charge on any atom is -0.326 e. The van der Waals surface area contributed by atoms with Gasteiger partial charge in [-0.15, -0.1) is 5.10 Å². The average Bonchev–Trinajstić information content (AvgIpc) is 2.52. The summed E-state index contributed by atoms with van der Waals surface area (Å²) in [4.78, 5) is 0. The Labute approximate surface area is 77.3 Å². The molecule has 2 heterocycles. The van der Waals surface area contributed by atoms with Crippen LogP contribution in [0.25, 0.3) is 0 Å². The van der Waals surface area contributed by atoms with Crippen LogP contribution >= 0.6 is 0 Å². The van der Waals surface area contributed by atoms with Crippen LogP contribution in [0.5, 0.6) is 0 Å². The first-order chi connectivity index (χ1) is 6.29. The Morgan fingerprint density at radius 1 is 1.69 bits per heavy atom. The van der Waals surface area contributed by atoms with Gasteiger partial charge in [-0.3, -0.25) is 4.68 Å². The predicted molar refractivity (Wildman–Crippen MR) is 49.0 cm³/mol. The molecule has 0 bridgehead atoms. The number of aromatic nitrogens is 3. The van der Waals surface area contributed by atoms with Crippen molar-refractivity contribution in [3.63, 3.8) is 0 Å². The molecule has 1 aliphatic heterocycles. The molecule has 0 aromatic carbocycles. The first-order valence-corrected chi connectivity index (χ1v) is 4.62. The lowest BCUT2D eigenvalue weighted by molar-refractivity contribution is 0.344. The van der Waals surface area contributed by atoms with Gasteiger partial charge in [0.25, 0.3) is 0 Å². The van der Waals surface area contributed by atoms with Crippen LogP contribution in [0.3, 0.4) is 0 Å². The van der Waals surface area contributed by atoms with Crippen molar-refractivity contribution in [2.75, 3.05) is 6.54 Å². The highest BCUT2D eigenvalue weighted by Crippen LogP contribution is 2.20. The maximum Gasteiger partial charge on any atom is 0.0769 e. The van der Waals surface area contributed by atoms with E-state index < -0.39 is 0 Å². The third kappa shape index (κ3) is 1.57. The molecule has 2 atom stereocenters. The van der Waals surface area contributed by atoms with Crippen molar-refractivity contribution < 1.29 is 0 Å². The Kier molecular flexibility index (Phi) is 2.28. The molecule has 1 saturated heterocycles. The van der Waals surface area contributed by atoms with Gasteiger partial charge in [0.2, 0.25) is 0 Å². The molecule has 2 rings (SSSR count).